The molecule has 0 aliphatic carbocycles. The van der Waals surface area contributed by atoms with Crippen LogP contribution in [0.1, 0.15) is 19.4 Å². The molecule has 32 heavy (non-hydrogen) atoms. The highest BCUT2D eigenvalue weighted by molar-refractivity contribution is 7.14. The third-order valence-corrected chi connectivity index (χ3v) is 7.09. The van der Waals surface area contributed by atoms with Crippen molar-refractivity contribution in [3.05, 3.63) is 64.5 Å². The Labute approximate surface area is 199 Å². The summed E-state index contributed by atoms with van der Waals surface area (Å²) in [4.78, 5) is 24.9. The highest BCUT2D eigenvalue weighted by atomic mass is 35.5. The van der Waals surface area contributed by atoms with Gasteiger partial charge < -0.3 is 14.7 Å². The van der Waals surface area contributed by atoms with Crippen LogP contribution in [-0.2, 0) is 4.79 Å². The van der Waals surface area contributed by atoms with Crippen LogP contribution < -0.4 is 4.90 Å². The maximum absolute atomic E-state index is 13.5. The molecule has 1 saturated heterocycles. The first kappa shape index (κ1) is 22.8. The van der Waals surface area contributed by atoms with E-state index in [4.69, 9.17) is 16.6 Å². The fourth-order valence-corrected chi connectivity index (χ4v) is 5.12. The number of carbonyl (C=O) groups excluding carboxylic acids is 1. The Morgan fingerprint density at radius 3 is 2.53 bits per heavy atom. The van der Waals surface area contributed by atoms with Crippen LogP contribution in [0.2, 0.25) is 5.02 Å². The number of nitrogens with zero attached hydrogens (tertiary/aromatic N) is 4. The number of aromatic nitrogens is 1. The van der Waals surface area contributed by atoms with E-state index in [9.17, 15) is 4.79 Å². The summed E-state index contributed by atoms with van der Waals surface area (Å²) in [6, 6.07) is 15.6. The van der Waals surface area contributed by atoms with Gasteiger partial charge in [-0.25, -0.2) is 4.98 Å². The quantitative estimate of drug-likeness (QED) is 0.481. The van der Waals surface area contributed by atoms with Crippen molar-refractivity contribution in [2.75, 3.05) is 37.6 Å². The number of anilines is 2. The molecule has 4 rings (SSSR count). The number of benzene rings is 2. The number of thiazole rings is 1. The van der Waals surface area contributed by atoms with Crippen LogP contribution in [0.15, 0.2) is 53.9 Å². The molecule has 1 aromatic heterocycles. The van der Waals surface area contributed by atoms with Gasteiger partial charge in [-0.3, -0.25) is 4.79 Å². The molecule has 0 N–H and O–H groups in total. The molecule has 1 atom stereocenters. The zero-order valence-electron chi connectivity index (χ0n) is 18.8. The van der Waals surface area contributed by atoms with Crippen molar-refractivity contribution < 1.29 is 4.79 Å². The predicted octanol–water partition coefficient (Wildman–Crippen LogP) is 5.46. The van der Waals surface area contributed by atoms with E-state index >= 15 is 0 Å². The lowest BCUT2D eigenvalue weighted by Crippen LogP contribution is -2.53. The average molecular weight is 469 g/mol. The van der Waals surface area contributed by atoms with Gasteiger partial charge in [0.25, 0.3) is 0 Å². The number of piperazine rings is 1. The first-order valence-corrected chi connectivity index (χ1v) is 12.3. The third-order valence-electron chi connectivity index (χ3n) is 5.99. The van der Waals surface area contributed by atoms with Gasteiger partial charge in [0.1, 0.15) is 6.04 Å². The van der Waals surface area contributed by atoms with Crippen molar-refractivity contribution in [2.45, 2.75) is 26.8 Å². The summed E-state index contributed by atoms with van der Waals surface area (Å²) in [7, 11) is 0. The summed E-state index contributed by atoms with van der Waals surface area (Å²) in [5.74, 6) is 0.144. The molecule has 3 aromatic rings. The minimum absolute atomic E-state index is 0.144. The predicted molar refractivity (Wildman–Crippen MR) is 134 cm³/mol. The van der Waals surface area contributed by atoms with Crippen molar-refractivity contribution in [2.24, 2.45) is 0 Å². The smallest absolute Gasteiger partial charge is 0.245 e. The van der Waals surface area contributed by atoms with Crippen molar-refractivity contribution in [1.29, 1.82) is 0 Å². The van der Waals surface area contributed by atoms with E-state index in [0.29, 0.717) is 5.02 Å². The minimum atomic E-state index is -0.353. The Hall–Kier alpha value is -2.41. The van der Waals surface area contributed by atoms with E-state index in [0.717, 1.165) is 60.4 Å². The topological polar surface area (TPSA) is 39.7 Å². The van der Waals surface area contributed by atoms with E-state index in [1.807, 2.05) is 47.5 Å². The van der Waals surface area contributed by atoms with E-state index in [1.54, 1.807) is 11.3 Å². The largest absolute Gasteiger partial charge is 0.338 e. The summed E-state index contributed by atoms with van der Waals surface area (Å²) < 4.78 is 0. The molecule has 1 amide bonds. The summed E-state index contributed by atoms with van der Waals surface area (Å²) >= 11 is 7.60. The fraction of sp³-hybridized carbons (Fsp3) is 0.360. The number of hydrogen-bond donors (Lipinski definition) is 0. The molecular weight excluding hydrogens is 440 g/mol. The van der Waals surface area contributed by atoms with E-state index in [1.165, 1.54) is 0 Å². The van der Waals surface area contributed by atoms with Gasteiger partial charge in [0.2, 0.25) is 5.91 Å². The number of aryl methyl sites for hydroxylation is 1. The minimum Gasteiger partial charge on any atom is -0.338 e. The number of hydrogen-bond acceptors (Lipinski definition) is 5. The first-order valence-electron chi connectivity index (χ1n) is 11.0. The van der Waals surface area contributed by atoms with Crippen LogP contribution in [-0.4, -0.2) is 59.5 Å². The van der Waals surface area contributed by atoms with E-state index < -0.39 is 0 Å². The monoisotopic (exact) mass is 468 g/mol. The second-order valence-electron chi connectivity index (χ2n) is 8.17. The van der Waals surface area contributed by atoms with Crippen LogP contribution >= 0.6 is 22.9 Å². The van der Waals surface area contributed by atoms with Gasteiger partial charge in [-0.1, -0.05) is 42.8 Å². The SMILES string of the molecule is CCN1CCN(C(=O)C(C)N(c2cccc(C)c2)c2nc(-c3ccc(Cl)cc3)cs2)CC1. The van der Waals surface area contributed by atoms with Gasteiger partial charge >= 0.3 is 0 Å². The summed E-state index contributed by atoms with van der Waals surface area (Å²) in [5.41, 5.74) is 4.03. The van der Waals surface area contributed by atoms with Gasteiger partial charge in [-0.15, -0.1) is 11.3 Å². The Bertz CT molecular complexity index is 1060. The lowest BCUT2D eigenvalue weighted by molar-refractivity contribution is -0.133. The van der Waals surface area contributed by atoms with Crippen LogP contribution in [0.3, 0.4) is 0 Å². The molecule has 2 aromatic carbocycles. The zero-order valence-corrected chi connectivity index (χ0v) is 20.4. The lowest BCUT2D eigenvalue weighted by atomic mass is 10.1. The molecule has 168 valence electrons. The first-order chi connectivity index (χ1) is 15.5. The molecule has 0 spiro atoms. The molecule has 1 unspecified atom stereocenters. The zero-order chi connectivity index (χ0) is 22.7. The van der Waals surface area contributed by atoms with Gasteiger partial charge in [-0.05, 0) is 50.2 Å². The number of amides is 1. The highest BCUT2D eigenvalue weighted by Gasteiger charge is 2.31. The Morgan fingerprint density at radius 1 is 1.16 bits per heavy atom. The maximum Gasteiger partial charge on any atom is 0.245 e. The van der Waals surface area contributed by atoms with Gasteiger partial charge in [0.05, 0.1) is 5.69 Å². The molecule has 0 bridgehead atoms. The number of halogens is 1. The van der Waals surface area contributed by atoms with Crippen LogP contribution in [0.4, 0.5) is 10.8 Å². The van der Waals surface area contributed by atoms with Gasteiger partial charge in [0, 0.05) is 47.8 Å². The Morgan fingerprint density at radius 2 is 1.88 bits per heavy atom. The standard InChI is InChI=1S/C25H29ClN4OS/c1-4-28-12-14-29(15-13-28)24(31)19(3)30(22-7-5-6-18(2)16-22)25-27-23(17-32-25)20-8-10-21(26)11-9-20/h5-11,16-17,19H,4,12-15H2,1-3H3. The summed E-state index contributed by atoms with van der Waals surface area (Å²) in [6.45, 7) is 10.6. The summed E-state index contributed by atoms with van der Waals surface area (Å²) in [6.07, 6.45) is 0. The van der Waals surface area contributed by atoms with Gasteiger partial charge in [-0.2, -0.15) is 0 Å². The summed E-state index contributed by atoms with van der Waals surface area (Å²) in [5, 5.41) is 3.56. The Kier molecular flexibility index (Phi) is 7.13. The highest BCUT2D eigenvalue weighted by Crippen LogP contribution is 2.35. The molecule has 5 nitrogen and oxygen atoms in total. The van der Waals surface area contributed by atoms with Crippen LogP contribution in [0.25, 0.3) is 11.3 Å². The van der Waals surface area contributed by atoms with Gasteiger partial charge in [0.15, 0.2) is 5.13 Å². The van der Waals surface area contributed by atoms with Crippen molar-refractivity contribution in [3.63, 3.8) is 0 Å². The molecule has 2 heterocycles. The third kappa shape index (κ3) is 4.98. The second kappa shape index (κ2) is 10.0. The molecule has 0 saturated carbocycles. The van der Waals surface area contributed by atoms with Crippen LogP contribution in [0.5, 0.6) is 0 Å². The van der Waals surface area contributed by atoms with Crippen molar-refractivity contribution in [1.82, 2.24) is 14.8 Å². The molecule has 1 aliphatic rings. The van der Waals surface area contributed by atoms with E-state index in [-0.39, 0.29) is 11.9 Å². The maximum atomic E-state index is 13.5. The lowest BCUT2D eigenvalue weighted by Gasteiger charge is -2.37. The molecule has 7 heteroatoms. The molecular formula is C25H29ClN4OS. The van der Waals surface area contributed by atoms with E-state index in [2.05, 4.69) is 41.8 Å². The molecule has 1 fully saturated rings. The number of rotatable bonds is 6. The van der Waals surface area contributed by atoms with Crippen LogP contribution in [0, 0.1) is 6.92 Å². The normalized spacial score (nSPS) is 15.6. The Balaban J connectivity index is 1.64. The number of likely N-dealkylation sites (N-methyl/N-ethyl adjacent to an activating group) is 1. The molecule has 1 aliphatic heterocycles. The fourth-order valence-electron chi connectivity index (χ4n) is 4.06. The molecule has 0 radical (unpaired) electrons. The van der Waals surface area contributed by atoms with Crippen molar-refractivity contribution >= 4 is 39.7 Å². The number of carbonyl (C=O) groups is 1. The van der Waals surface area contributed by atoms with Crippen molar-refractivity contribution in [3.8, 4) is 11.3 Å². The second-order valence-corrected chi connectivity index (χ2v) is 9.44. The average Bonchev–Trinajstić information content (AvgIpc) is 3.29.